The maximum Gasteiger partial charge on any atom is 0.318 e. The van der Waals surface area contributed by atoms with Gasteiger partial charge in [0.25, 0.3) is 0 Å². The number of urea groups is 1. The topological polar surface area (TPSA) is 58.4 Å². The third-order valence-electron chi connectivity index (χ3n) is 2.90. The molecule has 1 unspecified atom stereocenters. The molecule has 0 aromatic heterocycles. The highest BCUT2D eigenvalue weighted by Gasteiger charge is 2.32. The Hall–Kier alpha value is -0.770. The van der Waals surface area contributed by atoms with Gasteiger partial charge in [-0.05, 0) is 41.0 Å². The number of likely N-dealkylation sites (N-methyl/N-ethyl adjacent to an activating group) is 1. The first-order valence-electron chi connectivity index (χ1n) is 6.00. The first-order valence-corrected chi connectivity index (χ1v) is 6.00. The Labute approximate surface area is 99.6 Å². The molecule has 0 rings (SSSR count). The minimum Gasteiger partial charge on any atom is -0.333 e. The number of carbonyl (C=O) groups excluding carboxylic acids is 1. The molecule has 0 fully saturated rings. The Morgan fingerprint density at radius 2 is 1.75 bits per heavy atom. The van der Waals surface area contributed by atoms with E-state index in [2.05, 4.69) is 12.2 Å². The molecule has 3 N–H and O–H groups in total. The van der Waals surface area contributed by atoms with Crippen LogP contribution in [0.2, 0.25) is 0 Å². The molecule has 0 bridgehead atoms. The van der Waals surface area contributed by atoms with Crippen molar-refractivity contribution in [1.29, 1.82) is 0 Å². The van der Waals surface area contributed by atoms with Gasteiger partial charge in [-0.25, -0.2) is 4.79 Å². The molecule has 0 aliphatic rings. The number of rotatable bonds is 4. The summed E-state index contributed by atoms with van der Waals surface area (Å²) >= 11 is 0. The van der Waals surface area contributed by atoms with E-state index in [0.29, 0.717) is 13.1 Å². The van der Waals surface area contributed by atoms with Crippen molar-refractivity contribution in [1.82, 2.24) is 10.2 Å². The summed E-state index contributed by atoms with van der Waals surface area (Å²) in [5.74, 6) is 0. The lowest BCUT2D eigenvalue weighted by Gasteiger charge is -2.40. The molecular weight excluding hydrogens is 202 g/mol. The van der Waals surface area contributed by atoms with E-state index < -0.39 is 0 Å². The summed E-state index contributed by atoms with van der Waals surface area (Å²) in [6, 6.07) is -0.0372. The van der Waals surface area contributed by atoms with Gasteiger partial charge in [-0.2, -0.15) is 0 Å². The van der Waals surface area contributed by atoms with Gasteiger partial charge in [-0.15, -0.1) is 0 Å². The van der Waals surface area contributed by atoms with Gasteiger partial charge in [-0.1, -0.05) is 6.92 Å². The maximum atomic E-state index is 12.1. The number of carbonyl (C=O) groups is 1. The highest BCUT2D eigenvalue weighted by Crippen LogP contribution is 2.18. The summed E-state index contributed by atoms with van der Waals surface area (Å²) in [4.78, 5) is 13.9. The van der Waals surface area contributed by atoms with Crippen LogP contribution in [0.3, 0.4) is 0 Å². The second-order valence-corrected chi connectivity index (χ2v) is 5.48. The van der Waals surface area contributed by atoms with E-state index in [4.69, 9.17) is 5.73 Å². The van der Waals surface area contributed by atoms with Gasteiger partial charge in [0.15, 0.2) is 0 Å². The lowest BCUT2D eigenvalue weighted by molar-refractivity contribution is 0.123. The molecule has 0 spiro atoms. The number of amides is 2. The number of nitrogens with one attached hydrogen (secondary N) is 1. The molecule has 2 amide bonds. The smallest absolute Gasteiger partial charge is 0.318 e. The Kier molecular flexibility index (Phi) is 5.26. The summed E-state index contributed by atoms with van der Waals surface area (Å²) in [6.07, 6.45) is 0.856. The predicted octanol–water partition coefficient (Wildman–Crippen LogP) is 1.94. The van der Waals surface area contributed by atoms with Crippen LogP contribution in [0.15, 0.2) is 0 Å². The normalized spacial score (nSPS) is 15.4. The molecule has 0 aliphatic carbocycles. The van der Waals surface area contributed by atoms with Crippen LogP contribution < -0.4 is 11.1 Å². The summed E-state index contributed by atoms with van der Waals surface area (Å²) in [5.41, 5.74) is 5.30. The first-order chi connectivity index (χ1) is 7.20. The van der Waals surface area contributed by atoms with Crippen LogP contribution in [0.25, 0.3) is 0 Å². The van der Waals surface area contributed by atoms with Crippen LogP contribution in [0.4, 0.5) is 4.79 Å². The summed E-state index contributed by atoms with van der Waals surface area (Å²) < 4.78 is 0. The molecule has 0 aromatic carbocycles. The molecule has 0 saturated heterocycles. The largest absolute Gasteiger partial charge is 0.333 e. The lowest BCUT2D eigenvalue weighted by Crippen LogP contribution is -2.59. The molecule has 0 aliphatic heterocycles. The Morgan fingerprint density at radius 1 is 1.25 bits per heavy atom. The van der Waals surface area contributed by atoms with Crippen LogP contribution in [0.1, 0.15) is 48.0 Å². The minimum atomic E-state index is -0.260. The minimum absolute atomic E-state index is 0.0372. The zero-order valence-corrected chi connectivity index (χ0v) is 11.6. The van der Waals surface area contributed by atoms with Crippen molar-refractivity contribution in [3.05, 3.63) is 0 Å². The molecule has 0 radical (unpaired) electrons. The van der Waals surface area contributed by atoms with E-state index in [-0.39, 0.29) is 17.1 Å². The van der Waals surface area contributed by atoms with Crippen LogP contribution in [-0.4, -0.2) is 35.1 Å². The van der Waals surface area contributed by atoms with E-state index in [1.54, 1.807) is 0 Å². The average molecular weight is 229 g/mol. The van der Waals surface area contributed by atoms with Crippen LogP contribution in [0.5, 0.6) is 0 Å². The number of hydrogen-bond acceptors (Lipinski definition) is 2. The summed E-state index contributed by atoms with van der Waals surface area (Å²) in [6.45, 7) is 13.1. The van der Waals surface area contributed by atoms with E-state index in [9.17, 15) is 4.79 Å². The van der Waals surface area contributed by atoms with E-state index in [1.807, 2.05) is 39.5 Å². The van der Waals surface area contributed by atoms with Crippen LogP contribution in [0, 0.1) is 0 Å². The monoisotopic (exact) mass is 229 g/mol. The molecule has 0 aromatic rings. The number of hydrogen-bond donors (Lipinski definition) is 2. The summed E-state index contributed by atoms with van der Waals surface area (Å²) in [7, 11) is 0. The number of nitrogens with two attached hydrogens (primary N) is 1. The fourth-order valence-corrected chi connectivity index (χ4v) is 1.60. The van der Waals surface area contributed by atoms with Gasteiger partial charge >= 0.3 is 6.03 Å². The van der Waals surface area contributed by atoms with Gasteiger partial charge in [0, 0.05) is 18.6 Å². The van der Waals surface area contributed by atoms with Crippen molar-refractivity contribution in [2.24, 2.45) is 5.73 Å². The molecule has 16 heavy (non-hydrogen) atoms. The molecule has 1 atom stereocenters. The predicted molar refractivity (Wildman–Crippen MR) is 68.4 cm³/mol. The molecule has 4 nitrogen and oxygen atoms in total. The van der Waals surface area contributed by atoms with Gasteiger partial charge in [0.05, 0.1) is 5.54 Å². The SMILES string of the molecule is CCN(C(=O)NC(C)(C)C)C(C)(CC)CN. The highest BCUT2D eigenvalue weighted by atomic mass is 16.2. The van der Waals surface area contributed by atoms with Crippen molar-refractivity contribution in [3.63, 3.8) is 0 Å². The van der Waals surface area contributed by atoms with Crippen molar-refractivity contribution in [2.75, 3.05) is 13.1 Å². The van der Waals surface area contributed by atoms with Crippen molar-refractivity contribution < 1.29 is 4.79 Å². The van der Waals surface area contributed by atoms with Crippen molar-refractivity contribution in [2.45, 2.75) is 59.0 Å². The highest BCUT2D eigenvalue weighted by molar-refractivity contribution is 5.75. The van der Waals surface area contributed by atoms with E-state index in [1.165, 1.54) is 0 Å². The number of nitrogens with zero attached hydrogens (tertiary/aromatic N) is 1. The molecule has 0 saturated carbocycles. The lowest BCUT2D eigenvalue weighted by atomic mass is 9.96. The van der Waals surface area contributed by atoms with Gasteiger partial charge < -0.3 is 16.0 Å². The fourth-order valence-electron chi connectivity index (χ4n) is 1.60. The molecule has 96 valence electrons. The standard InChI is InChI=1S/C12H27N3O/c1-7-12(6,9-13)15(8-2)10(16)14-11(3,4)5/h7-9,13H2,1-6H3,(H,14,16). The average Bonchev–Trinajstić information content (AvgIpc) is 2.15. The Balaban J connectivity index is 4.79. The maximum absolute atomic E-state index is 12.1. The van der Waals surface area contributed by atoms with E-state index in [0.717, 1.165) is 6.42 Å². The Bertz CT molecular complexity index is 229. The second-order valence-electron chi connectivity index (χ2n) is 5.48. The third kappa shape index (κ3) is 4.00. The van der Waals surface area contributed by atoms with Crippen LogP contribution in [-0.2, 0) is 0 Å². The summed E-state index contributed by atoms with van der Waals surface area (Å²) in [5, 5.41) is 2.98. The molecular formula is C12H27N3O. The van der Waals surface area contributed by atoms with E-state index >= 15 is 0 Å². The zero-order valence-electron chi connectivity index (χ0n) is 11.6. The van der Waals surface area contributed by atoms with Gasteiger partial charge in [-0.3, -0.25) is 0 Å². The third-order valence-corrected chi connectivity index (χ3v) is 2.90. The van der Waals surface area contributed by atoms with Gasteiger partial charge in [0.2, 0.25) is 0 Å². The molecule has 0 heterocycles. The molecule has 4 heteroatoms. The Morgan fingerprint density at radius 3 is 2.00 bits per heavy atom. The zero-order chi connectivity index (χ0) is 13.0. The van der Waals surface area contributed by atoms with Crippen LogP contribution >= 0.6 is 0 Å². The van der Waals surface area contributed by atoms with Crippen molar-refractivity contribution in [3.8, 4) is 0 Å². The quantitative estimate of drug-likeness (QED) is 0.774. The van der Waals surface area contributed by atoms with Gasteiger partial charge in [0.1, 0.15) is 0 Å². The van der Waals surface area contributed by atoms with Crippen molar-refractivity contribution >= 4 is 6.03 Å². The first kappa shape index (κ1) is 15.2. The second kappa shape index (κ2) is 5.53. The fraction of sp³-hybridized carbons (Fsp3) is 0.917.